The summed E-state index contributed by atoms with van der Waals surface area (Å²) in [5, 5.41) is 3.14. The van der Waals surface area contributed by atoms with E-state index < -0.39 is 0 Å². The standard InChI is InChI=1S/C31H45N/c1-3-5-7-9-11-13-19-27(20-14-12-10-8-6-4-2)32-28-21-15-17-25-23-24-26-18-16-22-29(32)31(26)30(25)28/h15-18,21-22,27H,3-14,19-20,23-24H2,1-2H3. The Morgan fingerprint density at radius 3 is 1.50 bits per heavy atom. The van der Waals surface area contributed by atoms with Crippen LogP contribution >= 0.6 is 0 Å². The first kappa shape index (κ1) is 23.4. The summed E-state index contributed by atoms with van der Waals surface area (Å²) in [5.41, 5.74) is 6.16. The van der Waals surface area contributed by atoms with Crippen molar-refractivity contribution in [1.29, 1.82) is 0 Å². The molecule has 0 bridgehead atoms. The molecule has 0 amide bonds. The van der Waals surface area contributed by atoms with Gasteiger partial charge in [0, 0.05) is 27.8 Å². The van der Waals surface area contributed by atoms with Gasteiger partial charge in [0.15, 0.2) is 0 Å². The number of aryl methyl sites for hydroxylation is 2. The predicted molar refractivity (Wildman–Crippen MR) is 142 cm³/mol. The summed E-state index contributed by atoms with van der Waals surface area (Å²) in [4.78, 5) is 0. The molecule has 1 aromatic heterocycles. The summed E-state index contributed by atoms with van der Waals surface area (Å²) in [6, 6.07) is 14.8. The van der Waals surface area contributed by atoms with Gasteiger partial charge in [-0.05, 0) is 48.9 Å². The second-order valence-corrected chi connectivity index (χ2v) is 10.3. The Morgan fingerprint density at radius 2 is 1.03 bits per heavy atom. The molecule has 0 unspecified atom stereocenters. The molecular formula is C31H45N. The van der Waals surface area contributed by atoms with Crippen LogP contribution in [0.5, 0.6) is 0 Å². The Kier molecular flexibility index (Phi) is 8.71. The molecule has 32 heavy (non-hydrogen) atoms. The zero-order chi connectivity index (χ0) is 22.2. The Morgan fingerprint density at radius 1 is 0.594 bits per heavy atom. The monoisotopic (exact) mass is 431 g/mol. The van der Waals surface area contributed by atoms with Crippen LogP contribution in [0.15, 0.2) is 36.4 Å². The molecule has 0 atom stereocenters. The van der Waals surface area contributed by atoms with Gasteiger partial charge in [-0.25, -0.2) is 0 Å². The molecule has 1 heterocycles. The molecule has 0 fully saturated rings. The third kappa shape index (κ3) is 5.24. The van der Waals surface area contributed by atoms with Crippen molar-refractivity contribution in [3.8, 4) is 0 Å². The van der Waals surface area contributed by atoms with Gasteiger partial charge in [-0.3, -0.25) is 0 Å². The summed E-state index contributed by atoms with van der Waals surface area (Å²) in [6.07, 6.45) is 21.8. The molecule has 3 aromatic rings. The van der Waals surface area contributed by atoms with Gasteiger partial charge in [0.2, 0.25) is 0 Å². The van der Waals surface area contributed by atoms with Crippen LogP contribution in [0.4, 0.5) is 0 Å². The number of unbranched alkanes of at least 4 members (excludes halogenated alkanes) is 10. The first-order valence-corrected chi connectivity index (χ1v) is 13.9. The first-order chi connectivity index (χ1) is 15.8. The third-order valence-electron chi connectivity index (χ3n) is 7.84. The van der Waals surface area contributed by atoms with Crippen molar-refractivity contribution < 1.29 is 0 Å². The molecule has 4 rings (SSSR count). The van der Waals surface area contributed by atoms with Crippen molar-refractivity contribution in [1.82, 2.24) is 4.57 Å². The summed E-state index contributed by atoms with van der Waals surface area (Å²) in [6.45, 7) is 4.63. The van der Waals surface area contributed by atoms with Crippen LogP contribution in [0.2, 0.25) is 0 Å². The maximum Gasteiger partial charge on any atom is 0.0496 e. The van der Waals surface area contributed by atoms with Crippen LogP contribution in [-0.4, -0.2) is 4.57 Å². The van der Waals surface area contributed by atoms with E-state index in [9.17, 15) is 0 Å². The molecular weight excluding hydrogens is 386 g/mol. The van der Waals surface area contributed by atoms with Crippen molar-refractivity contribution in [3.05, 3.63) is 47.5 Å². The second kappa shape index (κ2) is 11.9. The minimum absolute atomic E-state index is 0.649. The van der Waals surface area contributed by atoms with E-state index in [1.807, 2.05) is 0 Å². The zero-order valence-electron chi connectivity index (χ0n) is 20.8. The van der Waals surface area contributed by atoms with E-state index >= 15 is 0 Å². The van der Waals surface area contributed by atoms with Crippen LogP contribution in [0, 0.1) is 0 Å². The highest BCUT2D eigenvalue weighted by Gasteiger charge is 2.23. The van der Waals surface area contributed by atoms with Gasteiger partial charge in [0.25, 0.3) is 0 Å². The number of hydrogen-bond acceptors (Lipinski definition) is 0. The Balaban J connectivity index is 1.57. The highest BCUT2D eigenvalue weighted by atomic mass is 15.0. The third-order valence-corrected chi connectivity index (χ3v) is 7.84. The van der Waals surface area contributed by atoms with Crippen LogP contribution in [0.3, 0.4) is 0 Å². The topological polar surface area (TPSA) is 4.93 Å². The number of hydrogen-bond donors (Lipinski definition) is 0. The van der Waals surface area contributed by atoms with Gasteiger partial charge in [0.05, 0.1) is 0 Å². The number of nitrogens with zero attached hydrogens (tertiary/aromatic N) is 1. The Bertz CT molecular complexity index is 902. The van der Waals surface area contributed by atoms with Crippen molar-refractivity contribution in [2.24, 2.45) is 0 Å². The molecule has 0 radical (unpaired) electrons. The number of rotatable bonds is 15. The van der Waals surface area contributed by atoms with Gasteiger partial charge < -0.3 is 4.57 Å². The second-order valence-electron chi connectivity index (χ2n) is 10.3. The lowest BCUT2D eigenvalue weighted by molar-refractivity contribution is 0.410. The smallest absolute Gasteiger partial charge is 0.0496 e. The quantitative estimate of drug-likeness (QED) is 0.211. The van der Waals surface area contributed by atoms with Gasteiger partial charge in [-0.1, -0.05) is 115 Å². The predicted octanol–water partition coefficient (Wildman–Crippen LogP) is 9.94. The van der Waals surface area contributed by atoms with Crippen molar-refractivity contribution in [2.75, 3.05) is 0 Å². The molecule has 1 aliphatic carbocycles. The number of benzene rings is 2. The maximum absolute atomic E-state index is 2.78. The summed E-state index contributed by atoms with van der Waals surface area (Å²) < 4.78 is 2.78. The summed E-state index contributed by atoms with van der Waals surface area (Å²) >= 11 is 0. The summed E-state index contributed by atoms with van der Waals surface area (Å²) in [5.74, 6) is 0. The van der Waals surface area contributed by atoms with E-state index in [1.54, 1.807) is 21.9 Å². The molecule has 0 saturated carbocycles. The van der Waals surface area contributed by atoms with Crippen LogP contribution < -0.4 is 0 Å². The molecule has 1 nitrogen and oxygen atoms in total. The molecule has 0 N–H and O–H groups in total. The van der Waals surface area contributed by atoms with E-state index in [0.29, 0.717) is 6.04 Å². The van der Waals surface area contributed by atoms with Crippen molar-refractivity contribution >= 4 is 21.8 Å². The van der Waals surface area contributed by atoms with Gasteiger partial charge in [0.1, 0.15) is 0 Å². The fraction of sp³-hybridized carbons (Fsp3) is 0.613. The lowest BCUT2D eigenvalue weighted by Crippen LogP contribution is -2.09. The van der Waals surface area contributed by atoms with E-state index in [1.165, 1.54) is 114 Å². The minimum atomic E-state index is 0.649. The van der Waals surface area contributed by atoms with E-state index in [4.69, 9.17) is 0 Å². The maximum atomic E-state index is 2.78. The molecule has 1 heteroatoms. The zero-order valence-corrected chi connectivity index (χ0v) is 20.8. The highest BCUT2D eigenvalue weighted by molar-refractivity contribution is 6.12. The van der Waals surface area contributed by atoms with Crippen LogP contribution in [0.25, 0.3) is 21.8 Å². The SMILES string of the molecule is CCCCCCCCC(CCCCCCCC)n1c2cccc3c2c2c(cccc21)CC3. The normalized spacial score (nSPS) is 13.2. The fourth-order valence-corrected chi connectivity index (χ4v) is 6.08. The molecule has 174 valence electrons. The summed E-state index contributed by atoms with van der Waals surface area (Å²) in [7, 11) is 0. The molecule has 0 aliphatic heterocycles. The lowest BCUT2D eigenvalue weighted by atomic mass is 9.91. The number of aromatic nitrogens is 1. The highest BCUT2D eigenvalue weighted by Crippen LogP contribution is 2.41. The first-order valence-electron chi connectivity index (χ1n) is 13.9. The lowest BCUT2D eigenvalue weighted by Gasteiger charge is -2.22. The molecule has 0 spiro atoms. The van der Waals surface area contributed by atoms with Gasteiger partial charge in [-0.2, -0.15) is 0 Å². The van der Waals surface area contributed by atoms with Crippen molar-refractivity contribution in [3.63, 3.8) is 0 Å². The minimum Gasteiger partial charge on any atom is -0.337 e. The van der Waals surface area contributed by atoms with Gasteiger partial charge >= 0.3 is 0 Å². The van der Waals surface area contributed by atoms with Gasteiger partial charge in [-0.15, -0.1) is 0 Å². The molecule has 1 aliphatic rings. The van der Waals surface area contributed by atoms with Crippen molar-refractivity contribution in [2.45, 2.75) is 123 Å². The fourth-order valence-electron chi connectivity index (χ4n) is 6.08. The van der Waals surface area contributed by atoms with Crippen LogP contribution in [-0.2, 0) is 12.8 Å². The van der Waals surface area contributed by atoms with Crippen LogP contribution in [0.1, 0.15) is 121 Å². The Hall–Kier alpha value is -1.76. The Labute approximate surface area is 196 Å². The molecule has 2 aromatic carbocycles. The average molecular weight is 432 g/mol. The van der Waals surface area contributed by atoms with E-state index in [0.717, 1.165) is 0 Å². The van der Waals surface area contributed by atoms with E-state index in [2.05, 4.69) is 54.8 Å². The average Bonchev–Trinajstić information content (AvgIpc) is 3.16. The largest absolute Gasteiger partial charge is 0.337 e. The molecule has 0 saturated heterocycles. The van der Waals surface area contributed by atoms with E-state index in [-0.39, 0.29) is 0 Å².